The highest BCUT2D eigenvalue weighted by Gasteiger charge is 2.12. The summed E-state index contributed by atoms with van der Waals surface area (Å²) in [4.78, 5) is 4.59. The van der Waals surface area contributed by atoms with Crippen LogP contribution in [0.4, 0.5) is 0 Å². The maximum absolute atomic E-state index is 7.11. The maximum Gasteiger partial charge on any atom is 0.0552 e. The molecule has 0 aliphatic carbocycles. The molecule has 0 radical (unpaired) electrons. The lowest BCUT2D eigenvalue weighted by Gasteiger charge is -2.17. The van der Waals surface area contributed by atoms with E-state index in [1.807, 2.05) is 30.5 Å². The van der Waals surface area contributed by atoms with E-state index in [1.54, 1.807) is 0 Å². The van der Waals surface area contributed by atoms with Gasteiger partial charge in [0.05, 0.1) is 5.54 Å². The van der Waals surface area contributed by atoms with Crippen LogP contribution in [0.5, 0.6) is 0 Å². The van der Waals surface area contributed by atoms with Crippen LogP contribution < -0.4 is 0 Å². The topological polar surface area (TPSA) is 36.2 Å². The first-order valence-electron chi connectivity index (χ1n) is 5.73. The van der Waals surface area contributed by atoms with Crippen molar-refractivity contribution in [3.63, 3.8) is 0 Å². The van der Waals surface area contributed by atoms with E-state index >= 15 is 0 Å². The molecule has 0 atom stereocenters. The monoisotopic (exact) mass is 216 g/mol. The molecule has 0 unspecified atom stereocenters. The Morgan fingerprint density at radius 3 is 2.25 bits per heavy atom. The Hall–Kier alpha value is -1.44. The van der Waals surface area contributed by atoms with Crippen molar-refractivity contribution in [1.29, 1.82) is 5.41 Å². The average Bonchev–Trinajstić information content (AvgIpc) is 2.27. The summed E-state index contributed by atoms with van der Waals surface area (Å²) in [5, 5.41) is 7.11. The minimum absolute atomic E-state index is 0.0228. The van der Waals surface area contributed by atoms with Crippen LogP contribution in [-0.4, -0.2) is 18.0 Å². The van der Waals surface area contributed by atoms with Crippen LogP contribution in [0.1, 0.15) is 44.7 Å². The van der Waals surface area contributed by atoms with Crippen LogP contribution in [0.25, 0.3) is 0 Å². The van der Waals surface area contributed by atoms with Crippen LogP contribution in [-0.2, 0) is 0 Å². The predicted molar refractivity (Wildman–Crippen MR) is 70.9 cm³/mol. The van der Waals surface area contributed by atoms with Gasteiger partial charge in [-0.05, 0) is 31.4 Å². The zero-order chi connectivity index (χ0) is 12.0. The molecule has 0 heterocycles. The lowest BCUT2D eigenvalue weighted by atomic mass is 10.00. The largest absolute Gasteiger partial charge is 0.308 e. The molecule has 0 amide bonds. The minimum atomic E-state index is 0.0228. The third-order valence-electron chi connectivity index (χ3n) is 2.53. The van der Waals surface area contributed by atoms with Crippen molar-refractivity contribution in [3.8, 4) is 0 Å². The highest BCUT2D eigenvalue weighted by atomic mass is 14.8. The molecule has 1 aromatic rings. The van der Waals surface area contributed by atoms with Crippen molar-refractivity contribution >= 4 is 12.4 Å². The highest BCUT2D eigenvalue weighted by Crippen LogP contribution is 2.16. The molecule has 2 heteroatoms. The van der Waals surface area contributed by atoms with Gasteiger partial charge in [0.25, 0.3) is 0 Å². The molecule has 16 heavy (non-hydrogen) atoms. The third kappa shape index (κ3) is 3.97. The molecular formula is C14H20N2. The Kier molecular flexibility index (Phi) is 4.41. The Bertz CT molecular complexity index is 361. The second-order valence-electron chi connectivity index (χ2n) is 4.63. The lowest BCUT2D eigenvalue weighted by molar-refractivity contribution is 0.476. The zero-order valence-corrected chi connectivity index (χ0v) is 10.3. The zero-order valence-electron chi connectivity index (χ0n) is 10.3. The summed E-state index contributed by atoms with van der Waals surface area (Å²) in [5.41, 5.74) is 2.04. The van der Waals surface area contributed by atoms with Gasteiger partial charge in [-0.1, -0.05) is 37.6 Å². The lowest BCUT2D eigenvalue weighted by Crippen LogP contribution is -2.16. The summed E-state index contributed by atoms with van der Waals surface area (Å²) in [5.74, 6) is 0. The van der Waals surface area contributed by atoms with Crippen molar-refractivity contribution < 1.29 is 0 Å². The van der Waals surface area contributed by atoms with Gasteiger partial charge in [-0.2, -0.15) is 0 Å². The van der Waals surface area contributed by atoms with Crippen molar-refractivity contribution in [2.75, 3.05) is 0 Å². The van der Waals surface area contributed by atoms with Gasteiger partial charge in [0.2, 0.25) is 0 Å². The molecule has 0 saturated heterocycles. The molecule has 0 aliphatic rings. The molecule has 0 aliphatic heterocycles. The number of rotatable bonds is 5. The quantitative estimate of drug-likeness (QED) is 0.729. The highest BCUT2D eigenvalue weighted by molar-refractivity contribution is 5.83. The van der Waals surface area contributed by atoms with Gasteiger partial charge in [0.1, 0.15) is 0 Å². The molecule has 1 aromatic carbocycles. The Morgan fingerprint density at radius 2 is 1.75 bits per heavy atom. The summed E-state index contributed by atoms with van der Waals surface area (Å²) >= 11 is 0. The fourth-order valence-electron chi connectivity index (χ4n) is 1.60. The molecule has 1 N–H and O–H groups in total. The molecule has 0 bridgehead atoms. The van der Waals surface area contributed by atoms with Crippen LogP contribution in [0.3, 0.4) is 0 Å². The van der Waals surface area contributed by atoms with Gasteiger partial charge in [0.15, 0.2) is 0 Å². The van der Waals surface area contributed by atoms with E-state index in [2.05, 4.69) is 25.8 Å². The van der Waals surface area contributed by atoms with Crippen LogP contribution in [0, 0.1) is 5.41 Å². The number of hydrogen-bond donors (Lipinski definition) is 1. The number of hydrogen-bond acceptors (Lipinski definition) is 2. The predicted octanol–water partition coefficient (Wildman–Crippen LogP) is 3.68. The second kappa shape index (κ2) is 5.59. The van der Waals surface area contributed by atoms with E-state index in [1.165, 1.54) is 6.21 Å². The van der Waals surface area contributed by atoms with Crippen LogP contribution >= 0.6 is 0 Å². The Morgan fingerprint density at radius 1 is 1.19 bits per heavy atom. The molecular weight excluding hydrogens is 196 g/mol. The molecule has 0 aromatic heterocycles. The van der Waals surface area contributed by atoms with Gasteiger partial charge in [-0.15, -0.1) is 0 Å². The second-order valence-corrected chi connectivity index (χ2v) is 4.63. The van der Waals surface area contributed by atoms with Crippen LogP contribution in [0.15, 0.2) is 29.3 Å². The van der Waals surface area contributed by atoms with Crippen molar-refractivity contribution in [3.05, 3.63) is 35.4 Å². The average molecular weight is 216 g/mol. The third-order valence-corrected chi connectivity index (χ3v) is 2.53. The normalized spacial score (nSPS) is 11.9. The summed E-state index contributed by atoms with van der Waals surface area (Å²) in [7, 11) is 0. The van der Waals surface area contributed by atoms with Gasteiger partial charge in [0, 0.05) is 12.4 Å². The standard InChI is InChI=1S/C14H20N2/c1-4-9-14(2,3)16-11-13-7-5-12(10-15)6-8-13/h5-8,10-11,15H,4,9H2,1-3H3. The summed E-state index contributed by atoms with van der Waals surface area (Å²) in [6.07, 6.45) is 5.52. The first-order chi connectivity index (χ1) is 7.57. The summed E-state index contributed by atoms with van der Waals surface area (Å²) in [6, 6.07) is 7.85. The van der Waals surface area contributed by atoms with E-state index < -0.39 is 0 Å². The van der Waals surface area contributed by atoms with Crippen molar-refractivity contribution in [2.24, 2.45) is 4.99 Å². The smallest absolute Gasteiger partial charge is 0.0552 e. The van der Waals surface area contributed by atoms with Gasteiger partial charge < -0.3 is 5.41 Å². The first kappa shape index (κ1) is 12.6. The molecule has 1 rings (SSSR count). The number of aliphatic imine (C=N–C) groups is 1. The number of nitrogens with one attached hydrogen (secondary N) is 1. The van der Waals surface area contributed by atoms with E-state index in [9.17, 15) is 0 Å². The Balaban J connectivity index is 2.72. The minimum Gasteiger partial charge on any atom is -0.308 e. The molecule has 86 valence electrons. The van der Waals surface area contributed by atoms with Crippen LogP contribution in [0.2, 0.25) is 0 Å². The fourth-order valence-corrected chi connectivity index (χ4v) is 1.60. The molecule has 2 nitrogen and oxygen atoms in total. The summed E-state index contributed by atoms with van der Waals surface area (Å²) in [6.45, 7) is 6.48. The van der Waals surface area contributed by atoms with E-state index in [0.717, 1.165) is 24.0 Å². The molecule has 0 saturated carbocycles. The van der Waals surface area contributed by atoms with Crippen molar-refractivity contribution in [2.45, 2.75) is 39.2 Å². The fraction of sp³-hybridized carbons (Fsp3) is 0.429. The maximum atomic E-state index is 7.11. The van der Waals surface area contributed by atoms with Gasteiger partial charge in [-0.3, -0.25) is 4.99 Å². The van der Waals surface area contributed by atoms with Gasteiger partial charge in [-0.25, -0.2) is 0 Å². The Labute approximate surface area is 97.9 Å². The van der Waals surface area contributed by atoms with Gasteiger partial charge >= 0.3 is 0 Å². The SMILES string of the molecule is CCCC(C)(C)N=Cc1ccc(C=N)cc1. The first-order valence-corrected chi connectivity index (χ1v) is 5.73. The molecule has 0 spiro atoms. The molecule has 0 fully saturated rings. The number of benzene rings is 1. The summed E-state index contributed by atoms with van der Waals surface area (Å²) < 4.78 is 0. The van der Waals surface area contributed by atoms with Crippen molar-refractivity contribution in [1.82, 2.24) is 0 Å². The van der Waals surface area contributed by atoms with E-state index in [-0.39, 0.29) is 5.54 Å². The number of nitrogens with zero attached hydrogens (tertiary/aromatic N) is 1. The van der Waals surface area contributed by atoms with E-state index in [4.69, 9.17) is 5.41 Å². The van der Waals surface area contributed by atoms with E-state index in [0.29, 0.717) is 0 Å².